The standard InChI is InChI=1S/C19H25N8O10P/c1-8-21-6-27(19(31)23-8)14-3-10(11(4-28)35-14)37-38(32,33)34-5-12-9(29)2-13(36-12)26-7-22-15-16(26)24-18(20)25-17(15)30/h6-7,9-14,28-29H,2-5H2,1H3,(H,32,33)(H3,20,24,25,30)/t9?,10?,11-,12-,13-,14+/m1/s1. The van der Waals surface area contributed by atoms with Crippen LogP contribution in [0.2, 0.25) is 0 Å². The number of imidazole rings is 1. The lowest BCUT2D eigenvalue weighted by Crippen LogP contribution is -2.29. The molecule has 2 fully saturated rings. The average molecular weight is 556 g/mol. The van der Waals surface area contributed by atoms with Crippen molar-refractivity contribution in [3.63, 3.8) is 0 Å². The van der Waals surface area contributed by atoms with Crippen LogP contribution in [0.15, 0.2) is 22.2 Å². The number of rotatable bonds is 8. The molecular formula is C19H25N8O10P. The Kier molecular flexibility index (Phi) is 7.14. The van der Waals surface area contributed by atoms with Crippen molar-refractivity contribution in [2.75, 3.05) is 18.9 Å². The van der Waals surface area contributed by atoms with Crippen LogP contribution in [0, 0.1) is 6.92 Å². The van der Waals surface area contributed by atoms with Gasteiger partial charge in [0.25, 0.3) is 5.56 Å². The Bertz CT molecular complexity index is 1490. The van der Waals surface area contributed by atoms with Gasteiger partial charge in [0.05, 0.1) is 25.6 Å². The van der Waals surface area contributed by atoms with Crippen LogP contribution in [-0.4, -0.2) is 86.8 Å². The van der Waals surface area contributed by atoms with Crippen LogP contribution in [0.1, 0.15) is 31.1 Å². The van der Waals surface area contributed by atoms with Crippen LogP contribution < -0.4 is 17.0 Å². The molecule has 0 saturated carbocycles. The number of nitrogens with one attached hydrogen (secondary N) is 1. The third-order valence-corrected chi connectivity index (χ3v) is 7.17. The van der Waals surface area contributed by atoms with E-state index in [1.54, 1.807) is 6.92 Å². The first-order valence-corrected chi connectivity index (χ1v) is 12.9. The van der Waals surface area contributed by atoms with Gasteiger partial charge in [-0.2, -0.15) is 9.97 Å². The summed E-state index contributed by atoms with van der Waals surface area (Å²) >= 11 is 0. The first-order valence-electron chi connectivity index (χ1n) is 11.4. The van der Waals surface area contributed by atoms with E-state index >= 15 is 0 Å². The molecule has 2 aliphatic rings. The zero-order valence-corrected chi connectivity index (χ0v) is 20.7. The maximum Gasteiger partial charge on any atom is 0.472 e. The summed E-state index contributed by atoms with van der Waals surface area (Å²) in [5.74, 6) is 0.137. The van der Waals surface area contributed by atoms with Gasteiger partial charge in [-0.25, -0.2) is 19.3 Å². The number of H-pyrrole nitrogens is 1. The van der Waals surface area contributed by atoms with Crippen molar-refractivity contribution >= 4 is 24.9 Å². The molecule has 19 heteroatoms. The minimum atomic E-state index is -4.74. The molecule has 3 aromatic heterocycles. The molecule has 0 bridgehead atoms. The highest BCUT2D eigenvalue weighted by Gasteiger charge is 2.43. The molecule has 2 aliphatic heterocycles. The van der Waals surface area contributed by atoms with E-state index in [0.29, 0.717) is 0 Å². The zero-order valence-electron chi connectivity index (χ0n) is 19.9. The molecule has 7 atom stereocenters. The lowest BCUT2D eigenvalue weighted by Gasteiger charge is -2.21. The Balaban J connectivity index is 1.22. The topological polar surface area (TPSA) is 252 Å². The Morgan fingerprint density at radius 1 is 1.16 bits per heavy atom. The second-order valence-corrected chi connectivity index (χ2v) is 10.2. The minimum Gasteiger partial charge on any atom is -0.394 e. The molecule has 0 aliphatic carbocycles. The van der Waals surface area contributed by atoms with E-state index in [1.807, 2.05) is 0 Å². The van der Waals surface area contributed by atoms with Crippen molar-refractivity contribution in [3.05, 3.63) is 39.3 Å². The summed E-state index contributed by atoms with van der Waals surface area (Å²) in [7, 11) is -4.74. The molecule has 206 valence electrons. The third-order valence-electron chi connectivity index (χ3n) is 6.15. The minimum absolute atomic E-state index is 0.0280. The summed E-state index contributed by atoms with van der Waals surface area (Å²) in [5, 5.41) is 20.1. The maximum absolute atomic E-state index is 12.7. The average Bonchev–Trinajstić information content (AvgIpc) is 3.54. The molecule has 2 saturated heterocycles. The number of nitrogens with two attached hydrogens (primary N) is 1. The summed E-state index contributed by atoms with van der Waals surface area (Å²) in [6.45, 7) is 0.455. The van der Waals surface area contributed by atoms with Gasteiger partial charge in [0.1, 0.15) is 42.9 Å². The summed E-state index contributed by atoms with van der Waals surface area (Å²) in [5.41, 5.74) is 4.60. The molecule has 0 spiro atoms. The van der Waals surface area contributed by atoms with Crippen LogP contribution in [0.3, 0.4) is 0 Å². The number of hydrogen-bond donors (Lipinski definition) is 5. The van der Waals surface area contributed by atoms with Crippen molar-refractivity contribution in [2.45, 2.75) is 56.6 Å². The first-order chi connectivity index (χ1) is 18.0. The fourth-order valence-electron chi connectivity index (χ4n) is 4.32. The van der Waals surface area contributed by atoms with Crippen molar-refractivity contribution in [1.82, 2.24) is 34.1 Å². The van der Waals surface area contributed by atoms with Crippen LogP contribution in [0.4, 0.5) is 5.95 Å². The Labute approximate surface area is 212 Å². The van der Waals surface area contributed by atoms with E-state index in [2.05, 4.69) is 24.9 Å². The predicted octanol–water partition coefficient (Wildman–Crippen LogP) is -1.91. The molecule has 0 aromatic carbocycles. The van der Waals surface area contributed by atoms with E-state index in [-0.39, 0.29) is 35.8 Å². The van der Waals surface area contributed by atoms with E-state index in [0.717, 1.165) is 4.57 Å². The number of aliphatic hydroxyl groups excluding tert-OH is 2. The second-order valence-electron chi connectivity index (χ2n) is 8.76. The van der Waals surface area contributed by atoms with Crippen molar-refractivity contribution in [3.8, 4) is 0 Å². The molecular weight excluding hydrogens is 531 g/mol. The second kappa shape index (κ2) is 10.2. The van der Waals surface area contributed by atoms with Crippen molar-refractivity contribution < 1.29 is 38.2 Å². The van der Waals surface area contributed by atoms with Gasteiger partial charge in [0.2, 0.25) is 5.95 Å². The zero-order chi connectivity index (χ0) is 27.2. The number of nitrogens with zero attached hydrogens (tertiary/aromatic N) is 6. The molecule has 5 rings (SSSR count). The smallest absolute Gasteiger partial charge is 0.394 e. The van der Waals surface area contributed by atoms with Crippen LogP contribution in [-0.2, 0) is 23.1 Å². The molecule has 6 N–H and O–H groups in total. The van der Waals surface area contributed by atoms with Crippen LogP contribution in [0.5, 0.6) is 0 Å². The number of aliphatic hydroxyl groups is 2. The summed E-state index contributed by atoms with van der Waals surface area (Å²) in [6, 6.07) is 0. The SMILES string of the molecule is Cc1ncn([C@@H]2CC(OP(=O)(O)OC[C@H]3O[C@@H](n4cnc5c(=O)[nH]c(N)nc54)CC3O)[C@@H](CO)O2)c(=O)n1. The van der Waals surface area contributed by atoms with E-state index in [1.165, 1.54) is 17.2 Å². The Morgan fingerprint density at radius 2 is 1.87 bits per heavy atom. The van der Waals surface area contributed by atoms with E-state index < -0.39 is 69.2 Å². The number of hydrogen-bond acceptors (Lipinski definition) is 14. The van der Waals surface area contributed by atoms with Gasteiger partial charge >= 0.3 is 13.5 Å². The lowest BCUT2D eigenvalue weighted by atomic mass is 10.2. The number of phosphoric ester groups is 1. The normalized spacial score (nSPS) is 29.2. The van der Waals surface area contributed by atoms with Crippen molar-refractivity contribution in [2.24, 2.45) is 0 Å². The molecule has 0 radical (unpaired) electrons. The molecule has 3 aromatic rings. The van der Waals surface area contributed by atoms with Gasteiger partial charge in [-0.05, 0) is 6.92 Å². The van der Waals surface area contributed by atoms with E-state index in [9.17, 15) is 29.3 Å². The number of anilines is 1. The monoisotopic (exact) mass is 556 g/mol. The van der Waals surface area contributed by atoms with Gasteiger partial charge < -0.3 is 30.3 Å². The highest BCUT2D eigenvalue weighted by atomic mass is 31.2. The highest BCUT2D eigenvalue weighted by Crippen LogP contribution is 2.49. The van der Waals surface area contributed by atoms with Gasteiger partial charge in [-0.3, -0.25) is 28.0 Å². The van der Waals surface area contributed by atoms with Crippen LogP contribution in [0.25, 0.3) is 11.2 Å². The molecule has 3 unspecified atom stereocenters. The fourth-order valence-corrected chi connectivity index (χ4v) is 5.28. The third kappa shape index (κ3) is 5.25. The number of phosphoric acid groups is 1. The molecule has 38 heavy (non-hydrogen) atoms. The summed E-state index contributed by atoms with van der Waals surface area (Å²) in [6.07, 6.45) is -3.53. The maximum atomic E-state index is 12.7. The number of ether oxygens (including phenoxy) is 2. The summed E-state index contributed by atoms with van der Waals surface area (Å²) in [4.78, 5) is 52.5. The molecule has 0 amide bonds. The van der Waals surface area contributed by atoms with Gasteiger partial charge in [-0.1, -0.05) is 0 Å². The lowest BCUT2D eigenvalue weighted by molar-refractivity contribution is -0.0565. The molecule has 5 heterocycles. The number of fused-ring (bicyclic) bond motifs is 1. The predicted molar refractivity (Wildman–Crippen MR) is 124 cm³/mol. The molecule has 18 nitrogen and oxygen atoms in total. The number of aryl methyl sites for hydroxylation is 1. The largest absolute Gasteiger partial charge is 0.472 e. The Hall–Kier alpha value is -3.09. The number of nitrogen functional groups attached to an aromatic ring is 1. The quantitative estimate of drug-likeness (QED) is 0.190. The summed E-state index contributed by atoms with van der Waals surface area (Å²) < 4.78 is 36.8. The first kappa shape index (κ1) is 26.5. The highest BCUT2D eigenvalue weighted by molar-refractivity contribution is 7.47. The van der Waals surface area contributed by atoms with Gasteiger partial charge in [-0.15, -0.1) is 0 Å². The van der Waals surface area contributed by atoms with Crippen LogP contribution >= 0.6 is 7.82 Å². The van der Waals surface area contributed by atoms with E-state index in [4.69, 9.17) is 24.3 Å². The number of aromatic nitrogens is 7. The fraction of sp³-hybridized carbons (Fsp3) is 0.579. The van der Waals surface area contributed by atoms with Gasteiger partial charge in [0, 0.05) is 12.8 Å². The Morgan fingerprint density at radius 3 is 2.61 bits per heavy atom. The number of aromatic amines is 1. The van der Waals surface area contributed by atoms with Gasteiger partial charge in [0.15, 0.2) is 11.2 Å². The van der Waals surface area contributed by atoms with Crippen molar-refractivity contribution in [1.29, 1.82) is 0 Å².